The molecule has 0 unspecified atom stereocenters. The zero-order valence-corrected chi connectivity index (χ0v) is 14.3. The second kappa shape index (κ2) is 10.4. The van der Waals surface area contributed by atoms with E-state index >= 15 is 0 Å². The number of amides is 2. The fourth-order valence-corrected chi connectivity index (χ4v) is 3.37. The van der Waals surface area contributed by atoms with Gasteiger partial charge in [-0.1, -0.05) is 44.9 Å². The molecule has 5 nitrogen and oxygen atoms in total. The minimum Gasteiger partial charge on any atom is -0.334 e. The average Bonchev–Trinajstić information content (AvgIpc) is 3.08. The van der Waals surface area contributed by atoms with Crippen LogP contribution in [-0.4, -0.2) is 35.5 Å². The molecule has 1 aliphatic heterocycles. The number of hydrogen-bond donors (Lipinski definition) is 1. The smallest absolute Gasteiger partial charge is 0.329 e. The highest BCUT2D eigenvalue weighted by Crippen LogP contribution is 2.15. The molecule has 1 heterocycles. The van der Waals surface area contributed by atoms with Crippen LogP contribution in [0.1, 0.15) is 83.5 Å². The van der Waals surface area contributed by atoms with Crippen molar-refractivity contribution in [3.05, 3.63) is 0 Å². The largest absolute Gasteiger partial charge is 0.334 e. The number of nitrogens with one attached hydrogen (secondary N) is 1. The van der Waals surface area contributed by atoms with Crippen molar-refractivity contribution in [1.82, 2.24) is 10.3 Å². The first-order valence-corrected chi connectivity index (χ1v) is 9.42. The average molecular weight is 321 g/mol. The van der Waals surface area contributed by atoms with Crippen LogP contribution in [0.4, 0.5) is 0 Å². The Morgan fingerprint density at radius 1 is 0.739 bits per heavy atom. The van der Waals surface area contributed by atoms with Crippen molar-refractivity contribution >= 4 is 17.5 Å². The van der Waals surface area contributed by atoms with Crippen LogP contribution in [0, 0.1) is 0 Å². The summed E-state index contributed by atoms with van der Waals surface area (Å²) < 4.78 is 0. The van der Waals surface area contributed by atoms with Gasteiger partial charge < -0.3 is 4.90 Å². The van der Waals surface area contributed by atoms with Gasteiger partial charge in [0.2, 0.25) is 0 Å². The molecule has 1 N–H and O–H groups in total. The van der Waals surface area contributed by atoms with Gasteiger partial charge >= 0.3 is 11.8 Å². The van der Waals surface area contributed by atoms with Gasteiger partial charge in [0.25, 0.3) is 0 Å². The molecule has 1 saturated heterocycles. The zero-order valence-electron chi connectivity index (χ0n) is 14.3. The maximum atomic E-state index is 12.0. The first-order chi connectivity index (χ1) is 11.3. The number of hydrazone groups is 1. The lowest BCUT2D eigenvalue weighted by Crippen LogP contribution is -2.40. The van der Waals surface area contributed by atoms with Crippen LogP contribution in [0.5, 0.6) is 0 Å². The zero-order chi connectivity index (χ0) is 16.3. The van der Waals surface area contributed by atoms with E-state index < -0.39 is 11.8 Å². The Bertz CT molecular complexity index is 400. The van der Waals surface area contributed by atoms with E-state index in [1.807, 2.05) is 0 Å². The van der Waals surface area contributed by atoms with E-state index in [0.29, 0.717) is 13.1 Å². The number of carbonyl (C=O) groups excluding carboxylic acids is 2. The van der Waals surface area contributed by atoms with Crippen molar-refractivity contribution in [1.29, 1.82) is 0 Å². The number of nitrogens with zero attached hydrogens (tertiary/aromatic N) is 2. The molecule has 2 rings (SSSR count). The van der Waals surface area contributed by atoms with Crippen LogP contribution in [0.15, 0.2) is 5.10 Å². The second-order valence-electron chi connectivity index (χ2n) is 6.80. The van der Waals surface area contributed by atoms with E-state index in [2.05, 4.69) is 10.5 Å². The van der Waals surface area contributed by atoms with E-state index in [4.69, 9.17) is 0 Å². The molecule has 130 valence electrons. The van der Waals surface area contributed by atoms with E-state index in [9.17, 15) is 9.59 Å². The molecule has 0 aromatic rings. The summed E-state index contributed by atoms with van der Waals surface area (Å²) >= 11 is 0. The number of carbonyl (C=O) groups is 2. The number of hydrogen-bond acceptors (Lipinski definition) is 3. The maximum Gasteiger partial charge on any atom is 0.329 e. The molecule has 5 heteroatoms. The summed E-state index contributed by atoms with van der Waals surface area (Å²) in [5.74, 6) is -1.01. The van der Waals surface area contributed by atoms with Crippen LogP contribution < -0.4 is 5.43 Å². The third-order valence-electron chi connectivity index (χ3n) is 4.83. The molecule has 0 radical (unpaired) electrons. The molecule has 0 atom stereocenters. The summed E-state index contributed by atoms with van der Waals surface area (Å²) in [5.41, 5.74) is 3.55. The molecule has 0 aromatic carbocycles. The van der Waals surface area contributed by atoms with E-state index in [1.54, 1.807) is 4.90 Å². The van der Waals surface area contributed by atoms with Crippen molar-refractivity contribution in [2.45, 2.75) is 83.5 Å². The Hall–Kier alpha value is -1.39. The predicted octanol–water partition coefficient (Wildman–Crippen LogP) is 3.39. The lowest BCUT2D eigenvalue weighted by molar-refractivity contribution is -0.145. The van der Waals surface area contributed by atoms with E-state index in [0.717, 1.165) is 44.2 Å². The summed E-state index contributed by atoms with van der Waals surface area (Å²) in [6.45, 7) is 1.39. The quantitative estimate of drug-likeness (QED) is 0.594. The molecule has 2 fully saturated rings. The van der Waals surface area contributed by atoms with Gasteiger partial charge in [-0.3, -0.25) is 9.59 Å². The van der Waals surface area contributed by atoms with Gasteiger partial charge in [0.05, 0.1) is 0 Å². The molecule has 23 heavy (non-hydrogen) atoms. The van der Waals surface area contributed by atoms with Crippen LogP contribution in [0.2, 0.25) is 0 Å². The summed E-state index contributed by atoms with van der Waals surface area (Å²) in [7, 11) is 0. The molecule has 1 aliphatic carbocycles. The van der Waals surface area contributed by atoms with Crippen molar-refractivity contribution in [3.8, 4) is 0 Å². The Kier molecular flexibility index (Phi) is 8.12. The Morgan fingerprint density at radius 2 is 1.22 bits per heavy atom. The Morgan fingerprint density at radius 3 is 1.74 bits per heavy atom. The highest BCUT2D eigenvalue weighted by atomic mass is 16.2. The monoisotopic (exact) mass is 321 g/mol. The SMILES string of the molecule is O=C(NN=C1CCCCCCCCCCC1)C(=O)N1CCCC1. The number of rotatable bonds is 1. The third kappa shape index (κ3) is 6.71. The van der Waals surface area contributed by atoms with Crippen LogP contribution in [0.25, 0.3) is 0 Å². The highest BCUT2D eigenvalue weighted by molar-refractivity contribution is 6.35. The second-order valence-corrected chi connectivity index (χ2v) is 6.80. The van der Waals surface area contributed by atoms with Crippen molar-refractivity contribution in [2.75, 3.05) is 13.1 Å². The van der Waals surface area contributed by atoms with Crippen LogP contribution in [0.3, 0.4) is 0 Å². The minimum atomic E-state index is -0.578. The van der Waals surface area contributed by atoms with Crippen molar-refractivity contribution in [3.63, 3.8) is 0 Å². The molecule has 2 amide bonds. The molecule has 0 aromatic heterocycles. The van der Waals surface area contributed by atoms with Crippen molar-refractivity contribution in [2.24, 2.45) is 5.10 Å². The Balaban J connectivity index is 1.81. The van der Waals surface area contributed by atoms with Crippen LogP contribution in [-0.2, 0) is 9.59 Å². The molecular weight excluding hydrogens is 290 g/mol. The molecule has 0 spiro atoms. The van der Waals surface area contributed by atoms with Gasteiger partial charge in [-0.05, 0) is 38.5 Å². The lowest BCUT2D eigenvalue weighted by atomic mass is 10.00. The van der Waals surface area contributed by atoms with Gasteiger partial charge in [0.1, 0.15) is 0 Å². The maximum absolute atomic E-state index is 12.0. The third-order valence-corrected chi connectivity index (χ3v) is 4.83. The van der Waals surface area contributed by atoms with Crippen molar-refractivity contribution < 1.29 is 9.59 Å². The van der Waals surface area contributed by atoms with Gasteiger partial charge in [-0.25, -0.2) is 5.43 Å². The Labute approximate surface area is 139 Å². The molecular formula is C18H31N3O2. The lowest BCUT2D eigenvalue weighted by Gasteiger charge is -2.14. The summed E-state index contributed by atoms with van der Waals surface area (Å²) in [5, 5.41) is 4.27. The first kappa shape index (κ1) is 18.0. The predicted molar refractivity (Wildman–Crippen MR) is 92.2 cm³/mol. The van der Waals surface area contributed by atoms with E-state index in [1.165, 1.54) is 44.9 Å². The molecule has 0 bridgehead atoms. The fourth-order valence-electron chi connectivity index (χ4n) is 3.37. The normalized spacial score (nSPS) is 21.2. The minimum absolute atomic E-state index is 0.431. The summed E-state index contributed by atoms with van der Waals surface area (Å²) in [6.07, 6.45) is 15.3. The van der Waals surface area contributed by atoms with Gasteiger partial charge in [0, 0.05) is 18.8 Å². The highest BCUT2D eigenvalue weighted by Gasteiger charge is 2.24. The summed E-state index contributed by atoms with van der Waals surface area (Å²) in [6, 6.07) is 0. The topological polar surface area (TPSA) is 61.8 Å². The van der Waals surface area contributed by atoms with Crippen LogP contribution >= 0.6 is 0 Å². The molecule has 2 aliphatic rings. The van der Waals surface area contributed by atoms with Gasteiger partial charge in [0.15, 0.2) is 0 Å². The number of likely N-dealkylation sites (tertiary alicyclic amines) is 1. The van der Waals surface area contributed by atoms with Gasteiger partial charge in [-0.15, -0.1) is 0 Å². The first-order valence-electron chi connectivity index (χ1n) is 9.42. The fraction of sp³-hybridized carbons (Fsp3) is 0.833. The van der Waals surface area contributed by atoms with Gasteiger partial charge in [-0.2, -0.15) is 5.10 Å². The van der Waals surface area contributed by atoms with E-state index in [-0.39, 0.29) is 0 Å². The molecule has 1 saturated carbocycles. The standard InChI is InChI=1S/C18H31N3O2/c22-17(18(23)21-14-10-11-15-21)20-19-16-12-8-6-4-2-1-3-5-7-9-13-16/h1-15H2,(H,20,22). The summed E-state index contributed by atoms with van der Waals surface area (Å²) in [4.78, 5) is 25.5.